The number of aromatic carboxylic acids is 1. The first-order valence-electron chi connectivity index (χ1n) is 12.6. The number of rotatable bonds is 6. The fraction of sp³-hybridized carbons (Fsp3) is 0.393. The van der Waals surface area contributed by atoms with Gasteiger partial charge in [-0.3, -0.25) is 0 Å². The summed E-state index contributed by atoms with van der Waals surface area (Å²) in [6.07, 6.45) is 5.04. The van der Waals surface area contributed by atoms with Gasteiger partial charge in [0.2, 0.25) is 0 Å². The van der Waals surface area contributed by atoms with E-state index in [1.807, 2.05) is 13.0 Å². The van der Waals surface area contributed by atoms with E-state index in [4.69, 9.17) is 32.5 Å². The Morgan fingerprint density at radius 3 is 2.32 bits per heavy atom. The number of esters is 1. The molecule has 2 aliphatic heterocycles. The van der Waals surface area contributed by atoms with E-state index in [0.717, 1.165) is 36.9 Å². The van der Waals surface area contributed by atoms with Crippen LogP contribution in [0.25, 0.3) is 11.3 Å². The molecule has 3 aromatic rings. The molecule has 2 aromatic carbocycles. The van der Waals surface area contributed by atoms with E-state index in [1.165, 1.54) is 0 Å². The Balaban J connectivity index is 1.24. The van der Waals surface area contributed by atoms with Gasteiger partial charge < -0.3 is 19.3 Å². The van der Waals surface area contributed by atoms with Gasteiger partial charge >= 0.3 is 11.9 Å². The molecule has 37 heavy (non-hydrogen) atoms. The smallest absolute Gasteiger partial charge is 0.344 e. The Kier molecular flexibility index (Phi) is 6.16. The van der Waals surface area contributed by atoms with Gasteiger partial charge in [0.1, 0.15) is 17.4 Å². The Morgan fingerprint density at radius 2 is 1.73 bits per heavy atom. The van der Waals surface area contributed by atoms with Crippen LogP contribution in [0.4, 0.5) is 5.69 Å². The minimum Gasteiger partial charge on any atom is -0.478 e. The van der Waals surface area contributed by atoms with Crippen LogP contribution in [0.2, 0.25) is 10.0 Å². The number of piperidine rings is 1. The molecule has 2 bridgehead atoms. The Bertz CT molecular complexity index is 1360. The number of ether oxygens (including phenoxy) is 1. The van der Waals surface area contributed by atoms with Crippen molar-refractivity contribution in [2.75, 3.05) is 4.90 Å². The van der Waals surface area contributed by atoms with Gasteiger partial charge in [-0.15, -0.1) is 0 Å². The molecule has 2 saturated heterocycles. The minimum absolute atomic E-state index is 0.153. The molecule has 3 heterocycles. The molecule has 1 saturated carbocycles. The Hall–Kier alpha value is -3.03. The van der Waals surface area contributed by atoms with Gasteiger partial charge in [-0.05, 0) is 68.5 Å². The van der Waals surface area contributed by atoms with Crippen LogP contribution < -0.4 is 4.90 Å². The van der Waals surface area contributed by atoms with Gasteiger partial charge in [0, 0.05) is 42.1 Å². The molecule has 3 atom stereocenters. The second kappa shape index (κ2) is 9.37. The molecule has 192 valence electrons. The Labute approximate surface area is 224 Å². The molecule has 1 unspecified atom stereocenters. The number of carbonyl (C=O) groups excluding carboxylic acids is 1. The fourth-order valence-electron chi connectivity index (χ4n) is 5.92. The van der Waals surface area contributed by atoms with Gasteiger partial charge in [-0.1, -0.05) is 34.4 Å². The highest BCUT2D eigenvalue weighted by Gasteiger charge is 2.44. The van der Waals surface area contributed by atoms with Crippen LogP contribution in [0.3, 0.4) is 0 Å². The molecule has 1 aromatic heterocycles. The highest BCUT2D eigenvalue weighted by atomic mass is 35.5. The topological polar surface area (TPSA) is 92.9 Å². The third kappa shape index (κ3) is 4.38. The van der Waals surface area contributed by atoms with Crippen LogP contribution in [-0.4, -0.2) is 40.4 Å². The molecule has 7 nitrogen and oxygen atoms in total. The van der Waals surface area contributed by atoms with E-state index in [-0.39, 0.29) is 29.7 Å². The molecule has 3 fully saturated rings. The van der Waals surface area contributed by atoms with Gasteiger partial charge in [0.15, 0.2) is 5.76 Å². The minimum atomic E-state index is -0.931. The monoisotopic (exact) mass is 540 g/mol. The first-order valence-corrected chi connectivity index (χ1v) is 13.3. The zero-order valence-corrected chi connectivity index (χ0v) is 21.8. The first kappa shape index (κ1) is 24.3. The van der Waals surface area contributed by atoms with Crippen LogP contribution in [0.15, 0.2) is 40.9 Å². The van der Waals surface area contributed by atoms with E-state index in [1.54, 1.807) is 30.3 Å². The summed E-state index contributed by atoms with van der Waals surface area (Å²) in [5.74, 6) is -0.681. The van der Waals surface area contributed by atoms with Crippen LogP contribution >= 0.6 is 23.2 Å². The number of anilines is 1. The number of carboxylic acid groups (broad SMARTS) is 1. The molecule has 0 spiro atoms. The number of nitrogens with zero attached hydrogens (tertiary/aromatic N) is 2. The van der Waals surface area contributed by atoms with Crippen LogP contribution in [-0.2, 0) is 4.74 Å². The number of carbonyl (C=O) groups is 2. The number of hydrogen-bond donors (Lipinski definition) is 1. The van der Waals surface area contributed by atoms with E-state index in [0.29, 0.717) is 45.5 Å². The highest BCUT2D eigenvalue weighted by molar-refractivity contribution is 6.39. The highest BCUT2D eigenvalue weighted by Crippen LogP contribution is 2.47. The number of carboxylic acids is 1. The number of hydrogen-bond acceptors (Lipinski definition) is 6. The van der Waals surface area contributed by atoms with Crippen LogP contribution in [0.1, 0.15) is 76.5 Å². The summed E-state index contributed by atoms with van der Waals surface area (Å²) in [7, 11) is 0. The number of aryl methyl sites for hydroxylation is 1. The number of benzene rings is 2. The van der Waals surface area contributed by atoms with E-state index in [2.05, 4.69) is 10.1 Å². The molecule has 0 amide bonds. The average molecular weight is 541 g/mol. The second-order valence-electron chi connectivity index (χ2n) is 10.2. The van der Waals surface area contributed by atoms with Crippen molar-refractivity contribution in [1.82, 2.24) is 5.16 Å². The predicted molar refractivity (Wildman–Crippen MR) is 140 cm³/mol. The zero-order valence-electron chi connectivity index (χ0n) is 20.2. The van der Waals surface area contributed by atoms with Crippen molar-refractivity contribution in [1.29, 1.82) is 0 Å². The van der Waals surface area contributed by atoms with Gasteiger partial charge in [-0.2, -0.15) is 0 Å². The molecule has 0 radical (unpaired) electrons. The quantitative estimate of drug-likeness (QED) is 0.340. The lowest BCUT2D eigenvalue weighted by molar-refractivity contribution is 0.0202. The lowest BCUT2D eigenvalue weighted by atomic mass is 9.97. The Morgan fingerprint density at radius 1 is 1.05 bits per heavy atom. The molecule has 3 aliphatic rings. The van der Waals surface area contributed by atoms with Crippen molar-refractivity contribution in [3.8, 4) is 11.3 Å². The van der Waals surface area contributed by atoms with E-state index < -0.39 is 11.9 Å². The SMILES string of the molecule is Cc1cc(C(=O)O)ccc1N1[C@@H]2CC[C@H]1CC(OC(=O)c1c(-c3c(Cl)cccc3Cl)noc1C1CC1)C2. The summed E-state index contributed by atoms with van der Waals surface area (Å²) in [5.41, 5.74) is 3.40. The molecule has 1 aliphatic carbocycles. The summed E-state index contributed by atoms with van der Waals surface area (Å²) in [4.78, 5) is 27.3. The third-order valence-corrected chi connectivity index (χ3v) is 8.39. The fourth-order valence-corrected chi connectivity index (χ4v) is 6.50. The number of fused-ring (bicyclic) bond motifs is 2. The van der Waals surface area contributed by atoms with Gasteiger partial charge in [-0.25, -0.2) is 9.59 Å². The second-order valence-corrected chi connectivity index (χ2v) is 11.1. The third-order valence-electron chi connectivity index (χ3n) is 7.76. The van der Waals surface area contributed by atoms with E-state index in [9.17, 15) is 14.7 Å². The normalized spacial score (nSPS) is 22.8. The zero-order chi connectivity index (χ0) is 25.8. The maximum atomic E-state index is 13.6. The lowest BCUT2D eigenvalue weighted by Crippen LogP contribution is -2.46. The maximum absolute atomic E-state index is 13.6. The number of aromatic nitrogens is 1. The number of halogens is 2. The summed E-state index contributed by atoms with van der Waals surface area (Å²) in [6.45, 7) is 1.94. The summed E-state index contributed by atoms with van der Waals surface area (Å²) < 4.78 is 11.8. The average Bonchev–Trinajstić information content (AvgIpc) is 3.55. The first-order chi connectivity index (χ1) is 17.8. The van der Waals surface area contributed by atoms with Gasteiger partial charge in [0.25, 0.3) is 0 Å². The van der Waals surface area contributed by atoms with Gasteiger partial charge in [0.05, 0.1) is 15.6 Å². The van der Waals surface area contributed by atoms with Crippen molar-refractivity contribution < 1.29 is 24.0 Å². The van der Waals surface area contributed by atoms with Crippen molar-refractivity contribution in [3.63, 3.8) is 0 Å². The largest absolute Gasteiger partial charge is 0.478 e. The molecule has 6 rings (SSSR count). The van der Waals surface area contributed by atoms with E-state index >= 15 is 0 Å². The predicted octanol–water partition coefficient (Wildman–Crippen LogP) is 6.89. The summed E-state index contributed by atoms with van der Waals surface area (Å²) in [6, 6.07) is 10.9. The van der Waals surface area contributed by atoms with Crippen LogP contribution in [0, 0.1) is 6.92 Å². The molecular formula is C28H26Cl2N2O5. The van der Waals surface area contributed by atoms with Crippen LogP contribution in [0.5, 0.6) is 0 Å². The summed E-state index contributed by atoms with van der Waals surface area (Å²) in [5, 5.41) is 14.3. The standard InChI is InChI=1S/C28H26Cl2N2O5/c1-14-11-16(27(33)34)7-10-22(14)32-17-8-9-18(32)13-19(12-17)36-28(35)24-25(31-37-26(24)15-5-6-15)23-20(29)3-2-4-21(23)30/h2-4,7,10-11,15,17-19H,5-6,8-9,12-13H2,1H3,(H,33,34)/t17-,18+,19?. The maximum Gasteiger partial charge on any atom is 0.344 e. The van der Waals surface area contributed by atoms with Crippen molar-refractivity contribution in [3.05, 3.63) is 68.9 Å². The van der Waals surface area contributed by atoms with Crippen molar-refractivity contribution in [2.24, 2.45) is 0 Å². The molecular weight excluding hydrogens is 515 g/mol. The summed E-state index contributed by atoms with van der Waals surface area (Å²) >= 11 is 12.9. The molecule has 9 heteroatoms. The molecule has 1 N–H and O–H groups in total. The van der Waals surface area contributed by atoms with Crippen molar-refractivity contribution in [2.45, 2.75) is 69.6 Å². The lowest BCUT2D eigenvalue weighted by Gasteiger charge is -2.41. The van der Waals surface area contributed by atoms with Crippen molar-refractivity contribution >= 4 is 40.8 Å².